The second kappa shape index (κ2) is 8.38. The molecule has 3 fully saturated rings. The molecule has 1 aromatic carbocycles. The molecule has 2 unspecified atom stereocenters. The van der Waals surface area contributed by atoms with E-state index >= 15 is 0 Å². The minimum Gasteiger partial charge on any atom is -0.381 e. The Labute approximate surface area is 186 Å². The summed E-state index contributed by atoms with van der Waals surface area (Å²) in [6.45, 7) is 4.15. The molecule has 0 aromatic heterocycles. The highest BCUT2D eigenvalue weighted by molar-refractivity contribution is 6.23. The third-order valence-electron chi connectivity index (χ3n) is 7.22. The number of amides is 4. The highest BCUT2D eigenvalue weighted by Crippen LogP contribution is 2.36. The topological polar surface area (TPSA) is 117 Å². The Hall–Kier alpha value is -2.62. The lowest BCUT2D eigenvalue weighted by Gasteiger charge is -2.44. The van der Waals surface area contributed by atoms with Crippen LogP contribution in [0.15, 0.2) is 18.2 Å². The van der Waals surface area contributed by atoms with Crippen molar-refractivity contribution in [2.75, 3.05) is 26.3 Å². The van der Waals surface area contributed by atoms with E-state index in [0.29, 0.717) is 23.7 Å². The van der Waals surface area contributed by atoms with Crippen LogP contribution in [0.2, 0.25) is 0 Å². The van der Waals surface area contributed by atoms with Crippen molar-refractivity contribution >= 4 is 23.6 Å². The second-order valence-electron chi connectivity index (χ2n) is 9.35. The van der Waals surface area contributed by atoms with Crippen LogP contribution in [0.4, 0.5) is 0 Å². The van der Waals surface area contributed by atoms with Crippen molar-refractivity contribution in [3.8, 4) is 0 Å². The Kier molecular flexibility index (Phi) is 5.56. The fourth-order valence-corrected chi connectivity index (χ4v) is 5.40. The van der Waals surface area contributed by atoms with Gasteiger partial charge < -0.3 is 15.4 Å². The first-order chi connectivity index (χ1) is 15.5. The summed E-state index contributed by atoms with van der Waals surface area (Å²) in [4.78, 5) is 50.5. The quantitative estimate of drug-likeness (QED) is 0.578. The minimum absolute atomic E-state index is 0.113. The standard InChI is InChI=1S/C23H28N4O5/c28-19-4-3-18(20(29)26-19)27-21(30)16-2-1-14(9-17(16)22(27)31)11-25-15-10-23(13-24-12-15)5-7-32-8-6-23/h1-2,9,15,18,24-25H,3-8,10-13H2,(H,26,28,29). The van der Waals surface area contributed by atoms with Gasteiger partial charge in [-0.05, 0) is 48.8 Å². The van der Waals surface area contributed by atoms with Crippen LogP contribution in [0, 0.1) is 5.41 Å². The van der Waals surface area contributed by atoms with Crippen LogP contribution in [-0.2, 0) is 20.9 Å². The molecule has 1 aromatic rings. The van der Waals surface area contributed by atoms with Crippen LogP contribution in [-0.4, -0.2) is 66.9 Å². The molecular weight excluding hydrogens is 412 g/mol. The van der Waals surface area contributed by atoms with Crippen LogP contribution < -0.4 is 16.0 Å². The summed E-state index contributed by atoms with van der Waals surface area (Å²) in [5.74, 6) is -1.92. The van der Waals surface area contributed by atoms with Crippen molar-refractivity contribution in [2.24, 2.45) is 5.41 Å². The zero-order valence-electron chi connectivity index (χ0n) is 17.9. The number of nitrogens with zero attached hydrogens (tertiary/aromatic N) is 1. The van der Waals surface area contributed by atoms with E-state index in [2.05, 4.69) is 16.0 Å². The Bertz CT molecular complexity index is 966. The van der Waals surface area contributed by atoms with Crippen molar-refractivity contribution in [3.63, 3.8) is 0 Å². The smallest absolute Gasteiger partial charge is 0.262 e. The molecule has 9 nitrogen and oxygen atoms in total. The van der Waals surface area contributed by atoms with Crippen LogP contribution in [0.5, 0.6) is 0 Å². The molecule has 3 saturated heterocycles. The largest absolute Gasteiger partial charge is 0.381 e. The van der Waals surface area contributed by atoms with Crippen molar-refractivity contribution < 1.29 is 23.9 Å². The fraction of sp³-hybridized carbons (Fsp3) is 0.565. The Balaban J connectivity index is 1.26. The maximum Gasteiger partial charge on any atom is 0.262 e. The number of rotatable bonds is 4. The second-order valence-corrected chi connectivity index (χ2v) is 9.35. The number of carbonyl (C=O) groups is 4. The summed E-state index contributed by atoms with van der Waals surface area (Å²) in [6.07, 6.45) is 3.51. The molecular formula is C23H28N4O5. The van der Waals surface area contributed by atoms with Gasteiger partial charge in [-0.1, -0.05) is 6.07 Å². The minimum atomic E-state index is -0.939. The average molecular weight is 441 g/mol. The van der Waals surface area contributed by atoms with E-state index in [1.54, 1.807) is 12.1 Å². The molecule has 32 heavy (non-hydrogen) atoms. The van der Waals surface area contributed by atoms with Gasteiger partial charge in [-0.15, -0.1) is 0 Å². The van der Waals surface area contributed by atoms with Gasteiger partial charge in [-0.25, -0.2) is 0 Å². The first kappa shape index (κ1) is 21.2. The summed E-state index contributed by atoms with van der Waals surface area (Å²) in [5, 5.41) is 9.37. The zero-order chi connectivity index (χ0) is 22.3. The summed E-state index contributed by atoms with van der Waals surface area (Å²) >= 11 is 0. The molecule has 0 saturated carbocycles. The number of hydrogen-bond donors (Lipinski definition) is 3. The molecule has 5 rings (SSSR count). The lowest BCUT2D eigenvalue weighted by Crippen LogP contribution is -2.54. The predicted octanol–water partition coefficient (Wildman–Crippen LogP) is 0.336. The molecule has 0 radical (unpaired) electrons. The zero-order valence-corrected chi connectivity index (χ0v) is 17.9. The first-order valence-electron chi connectivity index (χ1n) is 11.3. The highest BCUT2D eigenvalue weighted by atomic mass is 16.5. The third-order valence-corrected chi connectivity index (χ3v) is 7.22. The summed E-state index contributed by atoms with van der Waals surface area (Å²) in [6, 6.07) is 4.65. The molecule has 3 N–H and O–H groups in total. The van der Waals surface area contributed by atoms with Gasteiger partial charge in [0.1, 0.15) is 6.04 Å². The van der Waals surface area contributed by atoms with Crippen LogP contribution in [0.3, 0.4) is 0 Å². The van der Waals surface area contributed by atoms with Gasteiger partial charge in [0.25, 0.3) is 11.8 Å². The van der Waals surface area contributed by atoms with E-state index in [0.717, 1.165) is 56.0 Å². The van der Waals surface area contributed by atoms with E-state index < -0.39 is 23.8 Å². The number of ether oxygens (including phenoxy) is 1. The van der Waals surface area contributed by atoms with Gasteiger partial charge in [0, 0.05) is 45.3 Å². The maximum atomic E-state index is 13.0. The van der Waals surface area contributed by atoms with Crippen LogP contribution >= 0.6 is 0 Å². The van der Waals surface area contributed by atoms with E-state index in [1.165, 1.54) is 0 Å². The summed E-state index contributed by atoms with van der Waals surface area (Å²) in [5.41, 5.74) is 1.84. The van der Waals surface area contributed by atoms with Crippen LogP contribution in [0.1, 0.15) is 58.4 Å². The van der Waals surface area contributed by atoms with E-state index in [-0.39, 0.29) is 24.2 Å². The predicted molar refractivity (Wildman–Crippen MR) is 114 cm³/mol. The highest BCUT2D eigenvalue weighted by Gasteiger charge is 2.44. The van der Waals surface area contributed by atoms with Crippen molar-refractivity contribution in [2.45, 2.75) is 50.7 Å². The van der Waals surface area contributed by atoms with Crippen molar-refractivity contribution in [1.82, 2.24) is 20.9 Å². The molecule has 4 amide bonds. The van der Waals surface area contributed by atoms with Crippen LogP contribution in [0.25, 0.3) is 0 Å². The first-order valence-corrected chi connectivity index (χ1v) is 11.3. The molecule has 0 bridgehead atoms. The lowest BCUT2D eigenvalue weighted by atomic mass is 9.73. The Morgan fingerprint density at radius 1 is 1.09 bits per heavy atom. The monoisotopic (exact) mass is 440 g/mol. The number of nitrogens with one attached hydrogen (secondary N) is 3. The molecule has 4 aliphatic rings. The van der Waals surface area contributed by atoms with Gasteiger partial charge >= 0.3 is 0 Å². The number of piperidine rings is 2. The molecule has 4 heterocycles. The van der Waals surface area contributed by atoms with Crippen molar-refractivity contribution in [1.29, 1.82) is 0 Å². The number of benzene rings is 1. The summed E-state index contributed by atoms with van der Waals surface area (Å²) in [7, 11) is 0. The number of carbonyl (C=O) groups excluding carboxylic acids is 4. The van der Waals surface area contributed by atoms with Crippen molar-refractivity contribution in [3.05, 3.63) is 34.9 Å². The SMILES string of the molecule is O=C1CCC(N2C(=O)c3ccc(CNC4CNCC5(CCOCC5)C4)cc3C2=O)C(=O)N1. The number of fused-ring (bicyclic) bond motifs is 1. The molecule has 0 aliphatic carbocycles. The number of imide groups is 2. The maximum absolute atomic E-state index is 13.0. The van der Waals surface area contributed by atoms with Gasteiger partial charge in [0.2, 0.25) is 11.8 Å². The Morgan fingerprint density at radius 2 is 1.88 bits per heavy atom. The molecule has 170 valence electrons. The molecule has 2 atom stereocenters. The van der Waals surface area contributed by atoms with Gasteiger partial charge in [-0.3, -0.25) is 29.4 Å². The lowest BCUT2D eigenvalue weighted by molar-refractivity contribution is -0.136. The summed E-state index contributed by atoms with van der Waals surface area (Å²) < 4.78 is 5.53. The van der Waals surface area contributed by atoms with E-state index in [1.807, 2.05) is 6.07 Å². The molecule has 1 spiro atoms. The molecule has 9 heteroatoms. The third kappa shape index (κ3) is 3.85. The fourth-order valence-electron chi connectivity index (χ4n) is 5.40. The Morgan fingerprint density at radius 3 is 2.66 bits per heavy atom. The normalized spacial score (nSPS) is 27.6. The molecule has 4 aliphatic heterocycles. The van der Waals surface area contributed by atoms with Gasteiger partial charge in [0.15, 0.2) is 0 Å². The van der Waals surface area contributed by atoms with Gasteiger partial charge in [-0.2, -0.15) is 0 Å². The number of hydrogen-bond acceptors (Lipinski definition) is 7. The van der Waals surface area contributed by atoms with Gasteiger partial charge in [0.05, 0.1) is 11.1 Å². The van der Waals surface area contributed by atoms with E-state index in [9.17, 15) is 19.2 Å². The van der Waals surface area contributed by atoms with E-state index in [4.69, 9.17) is 4.74 Å². The average Bonchev–Trinajstić information content (AvgIpc) is 3.03.